The topological polar surface area (TPSA) is 55.6 Å². The van der Waals surface area contributed by atoms with Gasteiger partial charge >= 0.3 is 0 Å². The summed E-state index contributed by atoms with van der Waals surface area (Å²) in [5.41, 5.74) is 6.69. The van der Waals surface area contributed by atoms with Crippen LogP contribution in [0, 0.1) is 0 Å². The van der Waals surface area contributed by atoms with Crippen molar-refractivity contribution in [1.82, 2.24) is 4.90 Å². The van der Waals surface area contributed by atoms with E-state index in [1.54, 1.807) is 23.1 Å². The second-order valence-electron chi connectivity index (χ2n) is 4.72. The Morgan fingerprint density at radius 2 is 2.37 bits per heavy atom. The second-order valence-corrected chi connectivity index (χ2v) is 5.13. The van der Waals surface area contributed by atoms with Gasteiger partial charge in [0.15, 0.2) is 0 Å². The van der Waals surface area contributed by atoms with Crippen LogP contribution in [0.3, 0.4) is 0 Å². The molecule has 1 unspecified atom stereocenters. The first-order chi connectivity index (χ1) is 9.11. The summed E-state index contributed by atoms with van der Waals surface area (Å²) in [5.74, 6) is -0.0667. The van der Waals surface area contributed by atoms with Crippen LogP contribution in [-0.2, 0) is 4.74 Å². The Bertz CT molecular complexity index is 459. The van der Waals surface area contributed by atoms with Crippen molar-refractivity contribution in [3.8, 4) is 0 Å². The summed E-state index contributed by atoms with van der Waals surface area (Å²) < 4.78 is 5.57. The molecule has 1 aliphatic heterocycles. The third kappa shape index (κ3) is 3.39. The van der Waals surface area contributed by atoms with Crippen molar-refractivity contribution in [1.29, 1.82) is 0 Å². The number of nitrogens with zero attached hydrogens (tertiary/aromatic N) is 1. The van der Waals surface area contributed by atoms with E-state index < -0.39 is 0 Å². The SMILES string of the molecule is CCN(CC1CCCO1)C(=O)c1ccc(N)cc1Cl. The summed E-state index contributed by atoms with van der Waals surface area (Å²) in [6, 6.07) is 4.98. The van der Waals surface area contributed by atoms with E-state index in [0.717, 1.165) is 19.4 Å². The molecule has 0 aliphatic carbocycles. The lowest BCUT2D eigenvalue weighted by atomic mass is 10.1. The number of benzene rings is 1. The van der Waals surface area contributed by atoms with Gasteiger partial charge in [-0.25, -0.2) is 0 Å². The molecule has 1 heterocycles. The van der Waals surface area contributed by atoms with Crippen molar-refractivity contribution in [2.24, 2.45) is 0 Å². The average Bonchev–Trinajstić information content (AvgIpc) is 2.88. The van der Waals surface area contributed by atoms with E-state index in [0.29, 0.717) is 29.4 Å². The molecular weight excluding hydrogens is 264 g/mol. The number of carbonyl (C=O) groups is 1. The van der Waals surface area contributed by atoms with Gasteiger partial charge in [-0.2, -0.15) is 0 Å². The lowest BCUT2D eigenvalue weighted by Crippen LogP contribution is -2.37. The summed E-state index contributed by atoms with van der Waals surface area (Å²) in [5, 5.41) is 0.399. The maximum Gasteiger partial charge on any atom is 0.255 e. The van der Waals surface area contributed by atoms with Crippen LogP contribution >= 0.6 is 11.6 Å². The monoisotopic (exact) mass is 282 g/mol. The number of hydrogen-bond donors (Lipinski definition) is 1. The standard InChI is InChI=1S/C14H19ClN2O2/c1-2-17(9-11-4-3-7-19-11)14(18)12-6-5-10(16)8-13(12)15/h5-6,8,11H,2-4,7,9,16H2,1H3. The van der Waals surface area contributed by atoms with Gasteiger partial charge in [-0.3, -0.25) is 4.79 Å². The number of ether oxygens (including phenoxy) is 1. The third-order valence-electron chi connectivity index (χ3n) is 3.34. The average molecular weight is 283 g/mol. The van der Waals surface area contributed by atoms with E-state index in [-0.39, 0.29) is 12.0 Å². The Kier molecular flexibility index (Phi) is 4.66. The van der Waals surface area contributed by atoms with Crippen molar-refractivity contribution < 1.29 is 9.53 Å². The zero-order valence-corrected chi connectivity index (χ0v) is 11.8. The van der Waals surface area contributed by atoms with Crippen molar-refractivity contribution >= 4 is 23.2 Å². The minimum atomic E-state index is -0.0667. The van der Waals surface area contributed by atoms with Gasteiger partial charge in [0.1, 0.15) is 0 Å². The zero-order chi connectivity index (χ0) is 13.8. The minimum Gasteiger partial charge on any atom is -0.399 e. The van der Waals surface area contributed by atoms with Gasteiger partial charge in [-0.15, -0.1) is 0 Å². The summed E-state index contributed by atoms with van der Waals surface area (Å²) in [6.07, 6.45) is 2.23. The number of nitrogen functional groups attached to an aromatic ring is 1. The van der Waals surface area contributed by atoms with Crippen LogP contribution in [0.25, 0.3) is 0 Å². The highest BCUT2D eigenvalue weighted by molar-refractivity contribution is 6.34. The highest BCUT2D eigenvalue weighted by Crippen LogP contribution is 2.22. The highest BCUT2D eigenvalue weighted by Gasteiger charge is 2.23. The lowest BCUT2D eigenvalue weighted by molar-refractivity contribution is 0.0539. The Morgan fingerprint density at radius 3 is 2.95 bits per heavy atom. The number of hydrogen-bond acceptors (Lipinski definition) is 3. The van der Waals surface area contributed by atoms with Crippen molar-refractivity contribution in [2.45, 2.75) is 25.9 Å². The van der Waals surface area contributed by atoms with Crippen LogP contribution in [0.2, 0.25) is 5.02 Å². The van der Waals surface area contributed by atoms with E-state index in [2.05, 4.69) is 0 Å². The number of nitrogens with two attached hydrogens (primary N) is 1. The first-order valence-electron chi connectivity index (χ1n) is 6.57. The fourth-order valence-electron chi connectivity index (χ4n) is 2.26. The van der Waals surface area contributed by atoms with Gasteiger partial charge in [-0.05, 0) is 38.0 Å². The summed E-state index contributed by atoms with van der Waals surface area (Å²) in [7, 11) is 0. The fourth-order valence-corrected chi connectivity index (χ4v) is 2.53. The Labute approximate surface area is 118 Å². The molecular formula is C14H19ClN2O2. The zero-order valence-electron chi connectivity index (χ0n) is 11.1. The van der Waals surface area contributed by atoms with Gasteiger partial charge in [0.2, 0.25) is 0 Å². The molecule has 0 spiro atoms. The molecule has 5 heteroatoms. The number of carbonyl (C=O) groups excluding carboxylic acids is 1. The molecule has 1 aromatic rings. The summed E-state index contributed by atoms with van der Waals surface area (Å²) in [6.45, 7) is 4.01. The molecule has 2 rings (SSSR count). The molecule has 2 N–H and O–H groups in total. The van der Waals surface area contributed by atoms with Crippen LogP contribution in [-0.4, -0.2) is 36.6 Å². The van der Waals surface area contributed by atoms with Crippen LogP contribution in [0.15, 0.2) is 18.2 Å². The predicted molar refractivity (Wildman–Crippen MR) is 76.4 cm³/mol. The Hall–Kier alpha value is -1.26. The van der Waals surface area contributed by atoms with Gasteiger partial charge in [-0.1, -0.05) is 11.6 Å². The molecule has 4 nitrogen and oxygen atoms in total. The summed E-state index contributed by atoms with van der Waals surface area (Å²) >= 11 is 6.08. The number of halogens is 1. The van der Waals surface area contributed by atoms with Crippen LogP contribution in [0.4, 0.5) is 5.69 Å². The normalized spacial score (nSPS) is 18.5. The maximum absolute atomic E-state index is 12.4. The van der Waals surface area contributed by atoms with Crippen molar-refractivity contribution in [3.05, 3.63) is 28.8 Å². The molecule has 0 aromatic heterocycles. The molecule has 0 saturated carbocycles. The second kappa shape index (κ2) is 6.26. The van der Waals surface area contributed by atoms with E-state index in [4.69, 9.17) is 22.1 Å². The molecule has 1 aromatic carbocycles. The van der Waals surface area contributed by atoms with Gasteiger partial charge in [0.25, 0.3) is 5.91 Å². The molecule has 104 valence electrons. The third-order valence-corrected chi connectivity index (χ3v) is 3.65. The molecule has 0 radical (unpaired) electrons. The fraction of sp³-hybridized carbons (Fsp3) is 0.500. The first kappa shape index (κ1) is 14.2. The molecule has 1 atom stereocenters. The lowest BCUT2D eigenvalue weighted by Gasteiger charge is -2.24. The molecule has 1 saturated heterocycles. The van der Waals surface area contributed by atoms with Crippen LogP contribution in [0.1, 0.15) is 30.1 Å². The van der Waals surface area contributed by atoms with E-state index in [1.807, 2.05) is 6.92 Å². The summed E-state index contributed by atoms with van der Waals surface area (Å²) in [4.78, 5) is 14.2. The molecule has 1 aliphatic rings. The number of rotatable bonds is 4. The van der Waals surface area contributed by atoms with Crippen molar-refractivity contribution in [3.63, 3.8) is 0 Å². The Morgan fingerprint density at radius 1 is 1.58 bits per heavy atom. The molecule has 1 amide bonds. The molecule has 0 bridgehead atoms. The van der Waals surface area contributed by atoms with Gasteiger partial charge in [0, 0.05) is 25.4 Å². The first-order valence-corrected chi connectivity index (χ1v) is 6.95. The van der Waals surface area contributed by atoms with Gasteiger partial charge in [0.05, 0.1) is 16.7 Å². The highest BCUT2D eigenvalue weighted by atomic mass is 35.5. The predicted octanol–water partition coefficient (Wildman–Crippen LogP) is 2.56. The van der Waals surface area contributed by atoms with Crippen LogP contribution < -0.4 is 5.73 Å². The molecule has 19 heavy (non-hydrogen) atoms. The Balaban J connectivity index is 2.10. The number of amides is 1. The van der Waals surface area contributed by atoms with Gasteiger partial charge < -0.3 is 15.4 Å². The number of likely N-dealkylation sites (N-methyl/N-ethyl adjacent to an activating group) is 1. The quantitative estimate of drug-likeness (QED) is 0.864. The van der Waals surface area contributed by atoms with E-state index in [1.165, 1.54) is 0 Å². The van der Waals surface area contributed by atoms with E-state index in [9.17, 15) is 4.79 Å². The van der Waals surface area contributed by atoms with Crippen molar-refractivity contribution in [2.75, 3.05) is 25.4 Å². The van der Waals surface area contributed by atoms with E-state index >= 15 is 0 Å². The maximum atomic E-state index is 12.4. The smallest absolute Gasteiger partial charge is 0.255 e. The minimum absolute atomic E-state index is 0.0667. The molecule has 1 fully saturated rings. The largest absolute Gasteiger partial charge is 0.399 e. The van der Waals surface area contributed by atoms with Crippen LogP contribution in [0.5, 0.6) is 0 Å². The number of anilines is 1.